The molecule has 1 saturated carbocycles. The van der Waals surface area contributed by atoms with Crippen LogP contribution in [-0.4, -0.2) is 73.0 Å². The van der Waals surface area contributed by atoms with Gasteiger partial charge in [-0.3, -0.25) is 4.79 Å². The van der Waals surface area contributed by atoms with E-state index in [1.54, 1.807) is 37.3 Å². The van der Waals surface area contributed by atoms with Crippen LogP contribution in [0.1, 0.15) is 19.3 Å². The number of methoxy groups -OCH3 is 2. The average Bonchev–Trinajstić information content (AvgIpc) is 3.33. The Morgan fingerprint density at radius 2 is 1.93 bits per heavy atom. The van der Waals surface area contributed by atoms with Crippen LogP contribution in [0.4, 0.5) is 0 Å². The van der Waals surface area contributed by atoms with Crippen LogP contribution in [-0.2, 0) is 14.6 Å². The van der Waals surface area contributed by atoms with Crippen LogP contribution in [0.25, 0.3) is 11.5 Å². The van der Waals surface area contributed by atoms with E-state index >= 15 is 0 Å². The molecule has 9 nitrogen and oxygen atoms in total. The Labute approximate surface area is 179 Å². The molecule has 1 aliphatic heterocycles. The summed E-state index contributed by atoms with van der Waals surface area (Å²) in [6.45, 7) is 0. The minimum absolute atomic E-state index is 0.0594. The number of sulfone groups is 1. The van der Waals surface area contributed by atoms with E-state index in [0.717, 1.165) is 24.6 Å². The van der Waals surface area contributed by atoms with Gasteiger partial charge in [-0.25, -0.2) is 8.42 Å². The van der Waals surface area contributed by atoms with Crippen molar-refractivity contribution in [1.29, 1.82) is 0 Å². The summed E-state index contributed by atoms with van der Waals surface area (Å²) in [5.41, 5.74) is 0.675. The van der Waals surface area contributed by atoms with Crippen LogP contribution in [0.15, 0.2) is 27.8 Å². The van der Waals surface area contributed by atoms with Crippen molar-refractivity contribution in [1.82, 2.24) is 15.1 Å². The summed E-state index contributed by atoms with van der Waals surface area (Å²) >= 11 is 1.16. The standard InChI is InChI=1S/C19H23N3O6S2/c1-26-15-6-3-12(9-16(15)27-2)18-20-21-19(28-18)29-10-17(23)22(13-4-5-13)14-7-8-30(24,25)11-14/h3,6,9,13-14H,4-5,7-8,10-11H2,1-2H3. The Balaban J connectivity index is 1.41. The monoisotopic (exact) mass is 453 g/mol. The number of hydrogen-bond donors (Lipinski definition) is 0. The van der Waals surface area contributed by atoms with Crippen LogP contribution in [0.3, 0.4) is 0 Å². The highest BCUT2D eigenvalue weighted by atomic mass is 32.2. The van der Waals surface area contributed by atoms with Gasteiger partial charge in [0.1, 0.15) is 0 Å². The molecule has 1 atom stereocenters. The van der Waals surface area contributed by atoms with E-state index in [-0.39, 0.29) is 40.5 Å². The van der Waals surface area contributed by atoms with Gasteiger partial charge in [-0.2, -0.15) is 0 Å². The number of hydrogen-bond acceptors (Lipinski definition) is 9. The predicted molar refractivity (Wildman–Crippen MR) is 110 cm³/mol. The minimum atomic E-state index is -3.05. The first-order valence-corrected chi connectivity index (χ1v) is 12.4. The summed E-state index contributed by atoms with van der Waals surface area (Å²) < 4.78 is 39.8. The van der Waals surface area contributed by atoms with E-state index in [0.29, 0.717) is 29.4 Å². The summed E-state index contributed by atoms with van der Waals surface area (Å²) in [5, 5.41) is 8.34. The molecule has 162 valence electrons. The van der Waals surface area contributed by atoms with Gasteiger partial charge in [-0.1, -0.05) is 11.8 Å². The lowest BCUT2D eigenvalue weighted by Gasteiger charge is -2.28. The summed E-state index contributed by atoms with van der Waals surface area (Å²) in [5.74, 6) is 1.70. The smallest absolute Gasteiger partial charge is 0.277 e. The molecule has 0 radical (unpaired) electrons. The highest BCUT2D eigenvalue weighted by molar-refractivity contribution is 7.99. The van der Waals surface area contributed by atoms with Gasteiger partial charge in [-0.05, 0) is 37.5 Å². The highest BCUT2D eigenvalue weighted by Crippen LogP contribution is 2.34. The Morgan fingerprint density at radius 3 is 2.57 bits per heavy atom. The molecule has 1 aromatic carbocycles. The quantitative estimate of drug-likeness (QED) is 0.554. The molecule has 1 unspecified atom stereocenters. The van der Waals surface area contributed by atoms with Gasteiger partial charge >= 0.3 is 0 Å². The molecule has 2 aliphatic rings. The first kappa shape index (κ1) is 21.0. The van der Waals surface area contributed by atoms with Crippen LogP contribution >= 0.6 is 11.8 Å². The number of thioether (sulfide) groups is 1. The van der Waals surface area contributed by atoms with Crippen LogP contribution in [0.5, 0.6) is 11.5 Å². The number of benzene rings is 1. The van der Waals surface area contributed by atoms with Crippen molar-refractivity contribution in [3.8, 4) is 23.0 Å². The summed E-state index contributed by atoms with van der Waals surface area (Å²) in [6, 6.07) is 5.20. The number of ether oxygens (including phenoxy) is 2. The average molecular weight is 454 g/mol. The number of carbonyl (C=O) groups is 1. The van der Waals surface area contributed by atoms with E-state index in [1.807, 2.05) is 0 Å². The molecular weight excluding hydrogens is 430 g/mol. The van der Waals surface area contributed by atoms with Gasteiger partial charge < -0.3 is 18.8 Å². The third-order valence-electron chi connectivity index (χ3n) is 5.19. The van der Waals surface area contributed by atoms with E-state index in [4.69, 9.17) is 13.9 Å². The van der Waals surface area contributed by atoms with Crippen molar-refractivity contribution in [2.24, 2.45) is 0 Å². The zero-order valence-corrected chi connectivity index (χ0v) is 18.4. The van der Waals surface area contributed by atoms with Crippen molar-refractivity contribution in [2.75, 3.05) is 31.5 Å². The van der Waals surface area contributed by atoms with Crippen LogP contribution in [0.2, 0.25) is 0 Å². The second-order valence-electron chi connectivity index (χ2n) is 7.32. The maximum Gasteiger partial charge on any atom is 0.277 e. The Morgan fingerprint density at radius 1 is 1.17 bits per heavy atom. The lowest BCUT2D eigenvalue weighted by atomic mass is 10.2. The van der Waals surface area contributed by atoms with Crippen molar-refractivity contribution in [3.63, 3.8) is 0 Å². The third-order valence-corrected chi connectivity index (χ3v) is 7.74. The predicted octanol–water partition coefficient (Wildman–Crippen LogP) is 2.02. The van der Waals surface area contributed by atoms with Crippen molar-refractivity contribution >= 4 is 27.5 Å². The van der Waals surface area contributed by atoms with Gasteiger partial charge in [-0.15, -0.1) is 10.2 Å². The molecule has 2 fully saturated rings. The summed E-state index contributed by atoms with van der Waals surface area (Å²) in [4.78, 5) is 14.6. The minimum Gasteiger partial charge on any atom is -0.493 e. The number of amides is 1. The van der Waals surface area contributed by atoms with E-state index < -0.39 is 9.84 Å². The van der Waals surface area contributed by atoms with Gasteiger partial charge in [0.25, 0.3) is 5.22 Å². The van der Waals surface area contributed by atoms with Crippen molar-refractivity contribution in [3.05, 3.63) is 18.2 Å². The Bertz CT molecular complexity index is 1030. The topological polar surface area (TPSA) is 112 Å². The molecule has 0 bridgehead atoms. The summed E-state index contributed by atoms with van der Waals surface area (Å²) in [6.07, 6.45) is 2.37. The van der Waals surface area contributed by atoms with Gasteiger partial charge in [0.2, 0.25) is 11.8 Å². The van der Waals surface area contributed by atoms with Gasteiger partial charge in [0, 0.05) is 17.6 Å². The molecule has 30 heavy (non-hydrogen) atoms. The molecule has 0 spiro atoms. The molecule has 1 amide bonds. The fourth-order valence-corrected chi connectivity index (χ4v) is 5.95. The van der Waals surface area contributed by atoms with E-state index in [2.05, 4.69) is 10.2 Å². The van der Waals surface area contributed by atoms with Crippen LogP contribution < -0.4 is 9.47 Å². The molecular formula is C19H23N3O6S2. The fraction of sp³-hybridized carbons (Fsp3) is 0.526. The van der Waals surface area contributed by atoms with Crippen LogP contribution in [0, 0.1) is 0 Å². The maximum atomic E-state index is 12.8. The normalized spacial score (nSPS) is 20.1. The second kappa shape index (κ2) is 8.46. The number of carbonyl (C=O) groups excluding carboxylic acids is 1. The zero-order chi connectivity index (χ0) is 21.3. The molecule has 1 saturated heterocycles. The number of nitrogens with zero attached hydrogens (tertiary/aromatic N) is 3. The lowest BCUT2D eigenvalue weighted by molar-refractivity contribution is -0.130. The van der Waals surface area contributed by atoms with Gasteiger partial charge in [0.05, 0.1) is 31.5 Å². The zero-order valence-electron chi connectivity index (χ0n) is 16.7. The number of rotatable bonds is 8. The summed E-state index contributed by atoms with van der Waals surface area (Å²) in [7, 11) is 0.0569. The maximum absolute atomic E-state index is 12.8. The van der Waals surface area contributed by atoms with E-state index in [1.165, 1.54) is 0 Å². The van der Waals surface area contributed by atoms with E-state index in [9.17, 15) is 13.2 Å². The van der Waals surface area contributed by atoms with Gasteiger partial charge in [0.15, 0.2) is 21.3 Å². The second-order valence-corrected chi connectivity index (χ2v) is 10.5. The largest absolute Gasteiger partial charge is 0.493 e. The molecule has 2 aromatic rings. The Hall–Kier alpha value is -2.27. The lowest BCUT2D eigenvalue weighted by Crippen LogP contribution is -2.43. The Kier molecular flexibility index (Phi) is 5.92. The first-order chi connectivity index (χ1) is 14.4. The highest BCUT2D eigenvalue weighted by Gasteiger charge is 2.42. The number of aromatic nitrogens is 2. The molecule has 0 N–H and O–H groups in total. The molecule has 1 aliphatic carbocycles. The SMILES string of the molecule is COc1ccc(-c2nnc(SCC(=O)N(C3CC3)C3CCS(=O)(=O)C3)o2)cc1OC. The van der Waals surface area contributed by atoms with Crippen molar-refractivity contribution < 1.29 is 27.1 Å². The first-order valence-electron chi connectivity index (χ1n) is 9.60. The third kappa shape index (κ3) is 4.56. The molecule has 4 rings (SSSR count). The molecule has 1 aromatic heterocycles. The fourth-order valence-electron chi connectivity index (χ4n) is 3.60. The molecule has 2 heterocycles. The molecule has 11 heteroatoms. The van der Waals surface area contributed by atoms with Crippen molar-refractivity contribution in [2.45, 2.75) is 36.6 Å².